The van der Waals surface area contributed by atoms with E-state index in [0.717, 1.165) is 0 Å². The van der Waals surface area contributed by atoms with Crippen LogP contribution in [0.4, 0.5) is 0 Å². The molecule has 2 nitrogen and oxygen atoms in total. The van der Waals surface area contributed by atoms with E-state index in [1.165, 1.54) is 6.92 Å². The van der Waals surface area contributed by atoms with Crippen LogP contribution in [0, 0.1) is 0 Å². The van der Waals surface area contributed by atoms with Crippen LogP contribution in [0.1, 0.15) is 6.92 Å². The van der Waals surface area contributed by atoms with Gasteiger partial charge in [-0.3, -0.25) is 0 Å². The normalized spacial score (nSPS) is 12.6. The maximum atomic E-state index is 7.83. The fourth-order valence-corrected chi connectivity index (χ4v) is 0. The van der Waals surface area contributed by atoms with Gasteiger partial charge in [-0.2, -0.15) is 0 Å². The topological polar surface area (TPSA) is 46.2 Å². The zero-order chi connectivity index (χ0) is 3.58. The molecule has 0 fully saturated rings. The van der Waals surface area contributed by atoms with Gasteiger partial charge in [0.25, 0.3) is 0 Å². The molecule has 0 aliphatic carbocycles. The average Bonchev–Trinajstić information content (AvgIpc) is 0.811. The molecule has 0 spiro atoms. The third kappa shape index (κ3) is 137. The van der Waals surface area contributed by atoms with Crippen LogP contribution in [0.3, 0.4) is 0 Å². The van der Waals surface area contributed by atoms with Gasteiger partial charge in [0.15, 0.2) is 0 Å². The van der Waals surface area contributed by atoms with Gasteiger partial charge in [0.1, 0.15) is 0 Å². The first kappa shape index (κ1) is 9.06. The zero-order valence-electron chi connectivity index (χ0n) is 2.98. The Kier molecular flexibility index (Phi) is 8.05. The Balaban J connectivity index is 0. The van der Waals surface area contributed by atoms with Crippen LogP contribution < -0.4 is 5.73 Å². The third-order valence-electron chi connectivity index (χ3n) is 0. The Labute approximate surface area is 41.8 Å². The minimum atomic E-state index is -0.667. The van der Waals surface area contributed by atoms with Gasteiger partial charge in [-0.05, 0) is 6.92 Å². The molecule has 33 valence electrons. The van der Waals surface area contributed by atoms with E-state index in [1.54, 1.807) is 0 Å². The van der Waals surface area contributed by atoms with Crippen LogP contribution in [-0.2, 0) is 17.1 Å². The predicted molar refractivity (Wildman–Crippen MR) is 15.9 cm³/mol. The summed E-state index contributed by atoms with van der Waals surface area (Å²) >= 11 is 0. The maximum Gasteiger partial charge on any atom is 0.0991 e. The van der Waals surface area contributed by atoms with E-state index in [9.17, 15) is 0 Å². The Morgan fingerprint density at radius 1 is 1.80 bits per heavy atom. The van der Waals surface area contributed by atoms with Crippen molar-refractivity contribution in [2.45, 2.75) is 13.2 Å². The van der Waals surface area contributed by atoms with E-state index in [1.807, 2.05) is 0 Å². The summed E-state index contributed by atoms with van der Waals surface area (Å²) in [7, 11) is 0. The van der Waals surface area contributed by atoms with Gasteiger partial charge in [-0.25, -0.2) is 0 Å². The summed E-state index contributed by atoms with van der Waals surface area (Å²) in [6, 6.07) is 0. The molecule has 0 aliphatic heterocycles. The maximum absolute atomic E-state index is 7.83. The molecule has 3 N–H and O–H groups in total. The predicted octanol–water partition coefficient (Wildman–Crippen LogP) is -0.719. The molecule has 0 aliphatic rings. The van der Waals surface area contributed by atoms with Crippen LogP contribution in [0.15, 0.2) is 0 Å². The fraction of sp³-hybridized carbons (Fsp3) is 1.00. The van der Waals surface area contributed by atoms with E-state index in [4.69, 9.17) is 5.11 Å². The molecule has 1 radical (unpaired) electrons. The van der Waals surface area contributed by atoms with Crippen molar-refractivity contribution < 1.29 is 22.2 Å². The Morgan fingerprint density at radius 3 is 1.80 bits per heavy atom. The van der Waals surface area contributed by atoms with Crippen molar-refractivity contribution in [1.82, 2.24) is 0 Å². The summed E-state index contributed by atoms with van der Waals surface area (Å²) in [5.41, 5.74) is 4.67. The van der Waals surface area contributed by atoms with Crippen LogP contribution >= 0.6 is 0 Å². The molecule has 0 aromatic heterocycles. The van der Waals surface area contributed by atoms with E-state index < -0.39 is 6.23 Å². The molecular weight excluding hydrogens is 109 g/mol. The van der Waals surface area contributed by atoms with Crippen molar-refractivity contribution >= 4 is 0 Å². The summed E-state index contributed by atoms with van der Waals surface area (Å²) < 4.78 is 0. The van der Waals surface area contributed by atoms with Gasteiger partial charge in [-0.15, -0.1) is 0 Å². The van der Waals surface area contributed by atoms with Crippen molar-refractivity contribution in [2.75, 3.05) is 0 Å². The molecule has 5 heavy (non-hydrogen) atoms. The van der Waals surface area contributed by atoms with E-state index in [2.05, 4.69) is 5.73 Å². The summed E-state index contributed by atoms with van der Waals surface area (Å²) in [5.74, 6) is 0. The number of rotatable bonds is 0. The molecule has 0 amide bonds. The number of aliphatic hydroxyl groups excluding tert-OH is 1. The number of hydrogen-bond acceptors (Lipinski definition) is 2. The van der Waals surface area contributed by atoms with Gasteiger partial charge >= 0.3 is 0 Å². The molecule has 0 heterocycles. The van der Waals surface area contributed by atoms with Crippen molar-refractivity contribution in [3.8, 4) is 0 Å². The fourth-order valence-electron chi connectivity index (χ4n) is 0. The molecule has 0 aromatic carbocycles. The van der Waals surface area contributed by atoms with Crippen molar-refractivity contribution in [3.05, 3.63) is 0 Å². The number of aliphatic hydroxyl groups is 1. The molecule has 3 heteroatoms. The first-order valence-corrected chi connectivity index (χ1v) is 1.17. The van der Waals surface area contributed by atoms with Crippen molar-refractivity contribution in [3.63, 3.8) is 0 Å². The molecule has 0 rings (SSSR count). The van der Waals surface area contributed by atoms with Crippen molar-refractivity contribution in [1.29, 1.82) is 0 Å². The van der Waals surface area contributed by atoms with Gasteiger partial charge in [0.2, 0.25) is 0 Å². The summed E-state index contributed by atoms with van der Waals surface area (Å²) in [6.45, 7) is 1.50. The second-order valence-corrected chi connectivity index (χ2v) is 0.741. The Morgan fingerprint density at radius 2 is 1.80 bits per heavy atom. The largest absolute Gasteiger partial charge is 0.379 e. The smallest absolute Gasteiger partial charge is 0.0991 e. The monoisotopic (exact) mass is 116 g/mol. The van der Waals surface area contributed by atoms with Gasteiger partial charge in [0.05, 0.1) is 6.23 Å². The quantitative estimate of drug-likeness (QED) is 0.324. The van der Waals surface area contributed by atoms with Gasteiger partial charge in [0, 0.05) is 17.1 Å². The molecule has 0 aromatic rings. The van der Waals surface area contributed by atoms with E-state index >= 15 is 0 Å². The SMILES string of the molecule is CC(N)O.[Mn]. The number of nitrogens with two attached hydrogens (primary N) is 1. The Hall–Kier alpha value is 0.439. The Bertz CT molecular complexity index is 14.4. The van der Waals surface area contributed by atoms with Gasteiger partial charge < -0.3 is 10.8 Å². The summed E-state index contributed by atoms with van der Waals surface area (Å²) in [5, 5.41) is 7.83. The molecule has 0 saturated carbocycles. The minimum absolute atomic E-state index is 0. The second-order valence-electron chi connectivity index (χ2n) is 0.741. The summed E-state index contributed by atoms with van der Waals surface area (Å²) in [6.07, 6.45) is -0.667. The van der Waals surface area contributed by atoms with E-state index in [0.29, 0.717) is 0 Å². The molecule has 1 atom stereocenters. The summed E-state index contributed by atoms with van der Waals surface area (Å²) in [4.78, 5) is 0. The molecule has 1 unspecified atom stereocenters. The molecule has 0 saturated heterocycles. The average molecular weight is 116 g/mol. The van der Waals surface area contributed by atoms with Crippen molar-refractivity contribution in [2.24, 2.45) is 5.73 Å². The van der Waals surface area contributed by atoms with Gasteiger partial charge in [-0.1, -0.05) is 0 Å². The zero-order valence-corrected chi connectivity index (χ0v) is 4.16. The van der Waals surface area contributed by atoms with Crippen LogP contribution in [0.2, 0.25) is 0 Å². The van der Waals surface area contributed by atoms with E-state index in [-0.39, 0.29) is 17.1 Å². The second kappa shape index (κ2) is 4.44. The molecular formula is C2H7MnNO. The van der Waals surface area contributed by atoms with Crippen LogP contribution in [0.25, 0.3) is 0 Å². The first-order chi connectivity index (χ1) is 1.73. The molecule has 0 bridgehead atoms. The first-order valence-electron chi connectivity index (χ1n) is 1.17. The minimum Gasteiger partial charge on any atom is -0.379 e. The van der Waals surface area contributed by atoms with Crippen LogP contribution in [-0.4, -0.2) is 11.3 Å². The number of hydrogen-bond donors (Lipinski definition) is 2. The van der Waals surface area contributed by atoms with Crippen LogP contribution in [0.5, 0.6) is 0 Å². The third-order valence-corrected chi connectivity index (χ3v) is 0. The standard InChI is InChI=1S/C2H7NO.Mn/c1-2(3)4;/h2,4H,3H2,1H3;.